The van der Waals surface area contributed by atoms with E-state index in [-0.39, 0.29) is 5.97 Å². The van der Waals surface area contributed by atoms with Crippen molar-refractivity contribution in [1.29, 1.82) is 0 Å². The molecule has 0 fully saturated rings. The van der Waals surface area contributed by atoms with E-state index in [9.17, 15) is 4.79 Å². The molecule has 0 aliphatic rings. The Kier molecular flexibility index (Phi) is 12.4. The van der Waals surface area contributed by atoms with Crippen LogP contribution in [-0.2, 0) is 9.53 Å². The van der Waals surface area contributed by atoms with Crippen molar-refractivity contribution < 1.29 is 9.53 Å². The largest absolute Gasteiger partial charge is 0.462 e. The van der Waals surface area contributed by atoms with Crippen LogP contribution in [0, 0.1) is 0 Å². The van der Waals surface area contributed by atoms with E-state index in [1.54, 1.807) is 13.1 Å². The topological polar surface area (TPSA) is 29.5 Å². The lowest BCUT2D eigenvalue weighted by atomic mass is 10.1. The summed E-state index contributed by atoms with van der Waals surface area (Å²) >= 11 is 0. The maximum absolute atomic E-state index is 11.6. The van der Waals surface area contributed by atoms with Gasteiger partial charge in [-0.05, 0) is 13.3 Å². The van der Waals surface area contributed by atoms with E-state index in [2.05, 4.69) is 6.92 Å². The first-order valence-electron chi connectivity index (χ1n) is 8.10. The Morgan fingerprint density at radius 3 is 1.95 bits per heavy atom. The van der Waals surface area contributed by atoms with Crippen LogP contribution in [0.15, 0.2) is 11.8 Å². The van der Waals surface area contributed by atoms with Gasteiger partial charge in [-0.2, -0.15) is 0 Å². The van der Waals surface area contributed by atoms with Crippen molar-refractivity contribution in [3.63, 3.8) is 0 Å². The van der Waals surface area contributed by atoms with Gasteiger partial charge in [-0.15, -0.1) is 0 Å². The molecular formula is C17H33NO2. The molecule has 0 aliphatic carbocycles. The van der Waals surface area contributed by atoms with Crippen molar-refractivity contribution in [1.82, 2.24) is 4.90 Å². The van der Waals surface area contributed by atoms with Crippen LogP contribution in [0.3, 0.4) is 0 Å². The number of carbonyl (C=O) groups excluding carboxylic acids is 1. The minimum Gasteiger partial charge on any atom is -0.462 e. The number of esters is 1. The molecule has 0 atom stereocenters. The van der Waals surface area contributed by atoms with Gasteiger partial charge in [0.1, 0.15) is 0 Å². The number of hydrogen-bond acceptors (Lipinski definition) is 3. The number of nitrogens with zero attached hydrogens (tertiary/aromatic N) is 1. The molecule has 20 heavy (non-hydrogen) atoms. The third kappa shape index (κ3) is 12.1. The zero-order chi connectivity index (χ0) is 15.2. The lowest BCUT2D eigenvalue weighted by Crippen LogP contribution is -2.11. The molecule has 0 radical (unpaired) electrons. The standard InChI is InChI=1S/C17H33NO2/c1-5-6-7-8-9-10-11-12-13-14-20-17(19)16(2)15-18(3)4/h15H,5-14H2,1-4H3/b16-15+. The average molecular weight is 283 g/mol. The predicted molar refractivity (Wildman–Crippen MR) is 85.6 cm³/mol. The summed E-state index contributed by atoms with van der Waals surface area (Å²) in [6, 6.07) is 0. The van der Waals surface area contributed by atoms with Gasteiger partial charge in [0.05, 0.1) is 6.61 Å². The second-order valence-corrected chi connectivity index (χ2v) is 5.74. The Bertz CT molecular complexity index is 272. The van der Waals surface area contributed by atoms with Crippen LogP contribution in [0.1, 0.15) is 71.6 Å². The predicted octanol–water partition coefficient (Wildman–Crippen LogP) is 4.53. The summed E-state index contributed by atoms with van der Waals surface area (Å²) in [6.07, 6.45) is 13.3. The normalized spacial score (nSPS) is 11.5. The van der Waals surface area contributed by atoms with Crippen molar-refractivity contribution in [2.45, 2.75) is 71.6 Å². The Morgan fingerprint density at radius 1 is 0.950 bits per heavy atom. The van der Waals surface area contributed by atoms with Gasteiger partial charge in [0, 0.05) is 25.9 Å². The summed E-state index contributed by atoms with van der Waals surface area (Å²) < 4.78 is 5.23. The van der Waals surface area contributed by atoms with Crippen molar-refractivity contribution in [3.8, 4) is 0 Å². The summed E-state index contributed by atoms with van der Waals surface area (Å²) in [5.74, 6) is -0.196. The lowest BCUT2D eigenvalue weighted by molar-refractivity contribution is -0.139. The quantitative estimate of drug-likeness (QED) is 0.299. The molecule has 0 rings (SSSR count). The number of rotatable bonds is 12. The fraction of sp³-hybridized carbons (Fsp3) is 0.824. The smallest absolute Gasteiger partial charge is 0.335 e. The zero-order valence-electron chi connectivity index (χ0n) is 13.9. The number of unbranched alkanes of at least 4 members (excludes halogenated alkanes) is 8. The monoisotopic (exact) mass is 283 g/mol. The van der Waals surface area contributed by atoms with Gasteiger partial charge in [-0.1, -0.05) is 58.3 Å². The molecule has 118 valence electrons. The molecule has 0 amide bonds. The second-order valence-electron chi connectivity index (χ2n) is 5.74. The van der Waals surface area contributed by atoms with E-state index in [1.807, 2.05) is 19.0 Å². The first kappa shape index (κ1) is 19.0. The maximum atomic E-state index is 11.6. The first-order valence-corrected chi connectivity index (χ1v) is 8.10. The molecule has 0 aromatic rings. The lowest BCUT2D eigenvalue weighted by Gasteiger charge is -2.08. The molecule has 0 heterocycles. The second kappa shape index (κ2) is 13.0. The molecule has 0 aromatic carbocycles. The van der Waals surface area contributed by atoms with E-state index in [0.717, 1.165) is 12.8 Å². The molecule has 0 saturated heterocycles. The van der Waals surface area contributed by atoms with Crippen LogP contribution < -0.4 is 0 Å². The molecule has 0 aliphatic heterocycles. The van der Waals surface area contributed by atoms with Gasteiger partial charge < -0.3 is 9.64 Å². The number of ether oxygens (including phenoxy) is 1. The maximum Gasteiger partial charge on any atom is 0.335 e. The molecular weight excluding hydrogens is 250 g/mol. The summed E-state index contributed by atoms with van der Waals surface area (Å²) in [7, 11) is 3.80. The van der Waals surface area contributed by atoms with Gasteiger partial charge in [0.2, 0.25) is 0 Å². The van der Waals surface area contributed by atoms with Gasteiger partial charge in [-0.25, -0.2) is 4.79 Å². The average Bonchev–Trinajstić information content (AvgIpc) is 2.39. The summed E-state index contributed by atoms with van der Waals surface area (Å²) in [5, 5.41) is 0. The molecule has 0 spiro atoms. The molecule has 0 bridgehead atoms. The van der Waals surface area contributed by atoms with Crippen LogP contribution >= 0.6 is 0 Å². The molecule has 0 unspecified atom stereocenters. The van der Waals surface area contributed by atoms with Crippen molar-refractivity contribution in [2.24, 2.45) is 0 Å². The minimum absolute atomic E-state index is 0.196. The molecule has 0 saturated carbocycles. The van der Waals surface area contributed by atoms with Crippen LogP contribution in [0.4, 0.5) is 0 Å². The van der Waals surface area contributed by atoms with Crippen LogP contribution in [-0.4, -0.2) is 31.6 Å². The number of hydrogen-bond donors (Lipinski definition) is 0. The molecule has 3 nitrogen and oxygen atoms in total. The third-order valence-electron chi connectivity index (χ3n) is 3.25. The van der Waals surface area contributed by atoms with Crippen LogP contribution in [0.5, 0.6) is 0 Å². The summed E-state index contributed by atoms with van der Waals surface area (Å²) in [4.78, 5) is 13.5. The van der Waals surface area contributed by atoms with E-state index in [0.29, 0.717) is 12.2 Å². The van der Waals surface area contributed by atoms with Crippen molar-refractivity contribution in [3.05, 3.63) is 11.8 Å². The highest BCUT2D eigenvalue weighted by molar-refractivity contribution is 5.87. The van der Waals surface area contributed by atoms with E-state index in [4.69, 9.17) is 4.74 Å². The van der Waals surface area contributed by atoms with Crippen molar-refractivity contribution in [2.75, 3.05) is 20.7 Å². The van der Waals surface area contributed by atoms with Crippen molar-refractivity contribution >= 4 is 5.97 Å². The highest BCUT2D eigenvalue weighted by Crippen LogP contribution is 2.09. The van der Waals surface area contributed by atoms with E-state index >= 15 is 0 Å². The van der Waals surface area contributed by atoms with Gasteiger partial charge >= 0.3 is 5.97 Å². The Morgan fingerprint density at radius 2 is 1.45 bits per heavy atom. The van der Waals surface area contributed by atoms with Gasteiger partial charge in [0.15, 0.2) is 0 Å². The first-order chi connectivity index (χ1) is 9.57. The Labute approximate surface area is 125 Å². The SMILES string of the molecule is CCCCCCCCCCCOC(=O)/C(C)=C/N(C)C. The molecule has 0 N–H and O–H groups in total. The van der Waals surface area contributed by atoms with E-state index in [1.165, 1.54) is 44.9 Å². The fourth-order valence-electron chi connectivity index (χ4n) is 2.13. The summed E-state index contributed by atoms with van der Waals surface area (Å²) in [5.41, 5.74) is 0.658. The Hall–Kier alpha value is -0.990. The highest BCUT2D eigenvalue weighted by Gasteiger charge is 2.05. The zero-order valence-corrected chi connectivity index (χ0v) is 13.9. The van der Waals surface area contributed by atoms with Gasteiger partial charge in [-0.3, -0.25) is 0 Å². The fourth-order valence-corrected chi connectivity index (χ4v) is 2.13. The van der Waals surface area contributed by atoms with E-state index < -0.39 is 0 Å². The highest BCUT2D eigenvalue weighted by atomic mass is 16.5. The van der Waals surface area contributed by atoms with Gasteiger partial charge in [0.25, 0.3) is 0 Å². The minimum atomic E-state index is -0.196. The third-order valence-corrected chi connectivity index (χ3v) is 3.25. The molecule has 0 aromatic heterocycles. The number of carbonyl (C=O) groups is 1. The summed E-state index contributed by atoms with van der Waals surface area (Å²) in [6.45, 7) is 4.59. The Balaban J connectivity index is 3.38. The molecule has 3 heteroatoms. The van der Waals surface area contributed by atoms with Crippen LogP contribution in [0.2, 0.25) is 0 Å². The van der Waals surface area contributed by atoms with Crippen LogP contribution in [0.25, 0.3) is 0 Å².